The van der Waals surface area contributed by atoms with E-state index in [1.807, 2.05) is 0 Å². The van der Waals surface area contributed by atoms with Gasteiger partial charge in [0.1, 0.15) is 4.90 Å². The number of anilines is 1. The van der Waals surface area contributed by atoms with Crippen LogP contribution >= 0.6 is 23.2 Å². The number of nitrogens with two attached hydrogens (primary N) is 1. The van der Waals surface area contributed by atoms with Crippen LogP contribution < -0.4 is 5.73 Å². The number of sulfonamides is 1. The summed E-state index contributed by atoms with van der Waals surface area (Å²) in [5, 5.41) is 0.260. The van der Waals surface area contributed by atoms with E-state index in [0.29, 0.717) is 13.1 Å². The maximum atomic E-state index is 12.6. The van der Waals surface area contributed by atoms with Gasteiger partial charge in [-0.1, -0.05) is 37.0 Å². The number of benzene rings is 1. The Morgan fingerprint density at radius 3 is 2.30 bits per heavy atom. The summed E-state index contributed by atoms with van der Waals surface area (Å²) < 4.78 is 26.7. The lowest BCUT2D eigenvalue weighted by molar-refractivity contribution is 0.196. The van der Waals surface area contributed by atoms with Gasteiger partial charge in [0.2, 0.25) is 10.0 Å². The second-order valence-electron chi connectivity index (χ2n) is 5.84. The lowest BCUT2D eigenvalue weighted by atomic mass is 9.83. The molecule has 0 saturated carbocycles. The minimum Gasteiger partial charge on any atom is -0.396 e. The number of piperidine rings is 1. The summed E-state index contributed by atoms with van der Waals surface area (Å²) in [6.07, 6.45) is 1.65. The Morgan fingerprint density at radius 1 is 1.20 bits per heavy atom. The van der Waals surface area contributed by atoms with Crippen molar-refractivity contribution in [2.75, 3.05) is 18.8 Å². The van der Waals surface area contributed by atoms with Crippen LogP contribution in [0.4, 0.5) is 5.69 Å². The van der Waals surface area contributed by atoms with Gasteiger partial charge >= 0.3 is 0 Å². The first-order chi connectivity index (χ1) is 9.15. The van der Waals surface area contributed by atoms with Gasteiger partial charge in [-0.15, -0.1) is 0 Å². The fourth-order valence-corrected chi connectivity index (χ4v) is 4.40. The van der Waals surface area contributed by atoms with Crippen LogP contribution in [-0.2, 0) is 10.0 Å². The third-order valence-corrected chi connectivity index (χ3v) is 6.57. The topological polar surface area (TPSA) is 63.4 Å². The predicted molar refractivity (Wildman–Crippen MR) is 82.6 cm³/mol. The fourth-order valence-electron chi connectivity index (χ4n) is 2.22. The maximum absolute atomic E-state index is 12.6. The SMILES string of the molecule is CC1(C)CCN(S(=O)(=O)c2ccc(Cl)c(N)c2Cl)CC1. The van der Waals surface area contributed by atoms with Crippen molar-refractivity contribution in [2.24, 2.45) is 5.41 Å². The van der Waals surface area contributed by atoms with E-state index in [0.717, 1.165) is 12.8 Å². The molecule has 7 heteroatoms. The fraction of sp³-hybridized carbons (Fsp3) is 0.538. The molecule has 20 heavy (non-hydrogen) atoms. The smallest absolute Gasteiger partial charge is 0.244 e. The monoisotopic (exact) mass is 336 g/mol. The van der Waals surface area contributed by atoms with Crippen LogP contribution in [-0.4, -0.2) is 25.8 Å². The molecule has 0 unspecified atom stereocenters. The third kappa shape index (κ3) is 2.91. The zero-order valence-corrected chi connectivity index (χ0v) is 13.8. The average Bonchev–Trinajstić information content (AvgIpc) is 2.35. The van der Waals surface area contributed by atoms with E-state index in [-0.39, 0.29) is 26.0 Å². The van der Waals surface area contributed by atoms with E-state index in [1.165, 1.54) is 16.4 Å². The lowest BCUT2D eigenvalue weighted by Gasteiger charge is -2.36. The summed E-state index contributed by atoms with van der Waals surface area (Å²) in [4.78, 5) is 0.0285. The summed E-state index contributed by atoms with van der Waals surface area (Å²) in [6, 6.07) is 2.87. The first-order valence-electron chi connectivity index (χ1n) is 6.39. The summed E-state index contributed by atoms with van der Waals surface area (Å²) in [7, 11) is -3.62. The van der Waals surface area contributed by atoms with E-state index in [1.54, 1.807) is 0 Å². The van der Waals surface area contributed by atoms with Gasteiger partial charge in [-0.3, -0.25) is 0 Å². The molecular weight excluding hydrogens is 319 g/mol. The van der Waals surface area contributed by atoms with E-state index < -0.39 is 10.0 Å². The highest BCUT2D eigenvalue weighted by molar-refractivity contribution is 7.89. The number of rotatable bonds is 2. The molecule has 1 aliphatic rings. The second-order valence-corrected chi connectivity index (χ2v) is 8.53. The Balaban J connectivity index is 2.35. The van der Waals surface area contributed by atoms with E-state index in [4.69, 9.17) is 28.9 Å². The van der Waals surface area contributed by atoms with Gasteiger partial charge in [-0.2, -0.15) is 4.31 Å². The van der Waals surface area contributed by atoms with Gasteiger partial charge in [0.15, 0.2) is 0 Å². The molecule has 0 aromatic heterocycles. The predicted octanol–water partition coefficient (Wildman–Crippen LogP) is 3.39. The van der Waals surface area contributed by atoms with Gasteiger partial charge < -0.3 is 5.73 Å². The molecular formula is C13H18Cl2N2O2S. The first-order valence-corrected chi connectivity index (χ1v) is 8.58. The summed E-state index contributed by atoms with van der Waals surface area (Å²) in [5.74, 6) is 0. The van der Waals surface area contributed by atoms with Crippen molar-refractivity contribution < 1.29 is 8.42 Å². The molecule has 2 rings (SSSR count). The van der Waals surface area contributed by atoms with Crippen LogP contribution in [0.5, 0.6) is 0 Å². The second kappa shape index (κ2) is 5.37. The summed E-state index contributed by atoms with van der Waals surface area (Å²) in [5.41, 5.74) is 5.98. The Morgan fingerprint density at radius 2 is 1.75 bits per heavy atom. The molecule has 112 valence electrons. The van der Waals surface area contributed by atoms with Crippen LogP contribution in [0.2, 0.25) is 10.0 Å². The van der Waals surface area contributed by atoms with Crippen molar-refractivity contribution in [1.29, 1.82) is 0 Å². The molecule has 0 bridgehead atoms. The number of hydrogen-bond donors (Lipinski definition) is 1. The van der Waals surface area contributed by atoms with Crippen LogP contribution in [0.3, 0.4) is 0 Å². The van der Waals surface area contributed by atoms with Crippen LogP contribution in [0.15, 0.2) is 17.0 Å². The Labute approximate surface area is 129 Å². The zero-order valence-electron chi connectivity index (χ0n) is 11.5. The molecule has 0 aliphatic carbocycles. The Bertz CT molecular complexity index is 620. The molecule has 2 N–H and O–H groups in total. The quantitative estimate of drug-likeness (QED) is 0.842. The first kappa shape index (κ1) is 15.9. The molecule has 1 aromatic rings. The molecule has 1 aliphatic heterocycles. The van der Waals surface area contributed by atoms with E-state index in [2.05, 4.69) is 13.8 Å². The molecule has 0 atom stereocenters. The van der Waals surface area contributed by atoms with Gasteiger partial charge in [-0.25, -0.2) is 8.42 Å². The van der Waals surface area contributed by atoms with Gasteiger partial charge in [-0.05, 0) is 30.4 Å². The zero-order chi connectivity index (χ0) is 15.1. The number of halogens is 2. The Hall–Kier alpha value is -0.490. The normalized spacial score (nSPS) is 20.0. The molecule has 0 radical (unpaired) electrons. The highest BCUT2D eigenvalue weighted by Crippen LogP contribution is 2.37. The van der Waals surface area contributed by atoms with Gasteiger partial charge in [0, 0.05) is 13.1 Å². The largest absolute Gasteiger partial charge is 0.396 e. The molecule has 1 saturated heterocycles. The minimum atomic E-state index is -3.62. The van der Waals surface area contributed by atoms with Gasteiger partial charge in [0.25, 0.3) is 0 Å². The number of hydrogen-bond acceptors (Lipinski definition) is 3. The number of nitrogen functional groups attached to an aromatic ring is 1. The molecule has 1 heterocycles. The van der Waals surface area contributed by atoms with Crippen molar-refractivity contribution >= 4 is 38.9 Å². The van der Waals surface area contributed by atoms with Crippen LogP contribution in [0.25, 0.3) is 0 Å². The highest BCUT2D eigenvalue weighted by atomic mass is 35.5. The van der Waals surface area contributed by atoms with Crippen molar-refractivity contribution in [2.45, 2.75) is 31.6 Å². The van der Waals surface area contributed by atoms with Crippen LogP contribution in [0, 0.1) is 5.41 Å². The molecule has 1 fully saturated rings. The van der Waals surface area contributed by atoms with Crippen molar-refractivity contribution in [3.8, 4) is 0 Å². The van der Waals surface area contributed by atoms with Crippen molar-refractivity contribution in [1.82, 2.24) is 4.31 Å². The molecule has 0 spiro atoms. The summed E-state index contributed by atoms with van der Waals surface area (Å²) in [6.45, 7) is 5.27. The molecule has 1 aromatic carbocycles. The lowest BCUT2D eigenvalue weighted by Crippen LogP contribution is -2.41. The molecule has 0 amide bonds. The highest BCUT2D eigenvalue weighted by Gasteiger charge is 2.34. The summed E-state index contributed by atoms with van der Waals surface area (Å²) >= 11 is 11.9. The van der Waals surface area contributed by atoms with E-state index in [9.17, 15) is 8.42 Å². The number of nitrogens with zero attached hydrogens (tertiary/aromatic N) is 1. The standard InChI is InChI=1S/C13H18Cl2N2O2S/c1-13(2)5-7-17(8-6-13)20(18,19)10-4-3-9(14)12(16)11(10)15/h3-4H,5-8,16H2,1-2H3. The third-order valence-electron chi connectivity index (χ3n) is 3.78. The van der Waals surface area contributed by atoms with Crippen molar-refractivity contribution in [3.63, 3.8) is 0 Å². The van der Waals surface area contributed by atoms with Crippen molar-refractivity contribution in [3.05, 3.63) is 22.2 Å². The minimum absolute atomic E-state index is 0.00216. The van der Waals surface area contributed by atoms with E-state index >= 15 is 0 Å². The maximum Gasteiger partial charge on any atom is 0.244 e. The Kier molecular flexibility index (Phi) is 4.27. The average molecular weight is 337 g/mol. The van der Waals surface area contributed by atoms with Crippen LogP contribution in [0.1, 0.15) is 26.7 Å². The van der Waals surface area contributed by atoms with Gasteiger partial charge in [0.05, 0.1) is 15.7 Å². The molecule has 4 nitrogen and oxygen atoms in total.